The van der Waals surface area contributed by atoms with Gasteiger partial charge in [-0.1, -0.05) is 5.57 Å². The SMILES string of the molecule is Oc1ccc(OCC=C2CCC2)cc1. The highest BCUT2D eigenvalue weighted by Crippen LogP contribution is 2.25. The molecule has 0 radical (unpaired) electrons. The van der Waals surface area contributed by atoms with Gasteiger partial charge in [-0.3, -0.25) is 0 Å². The van der Waals surface area contributed by atoms with Gasteiger partial charge in [0, 0.05) is 0 Å². The zero-order valence-corrected chi connectivity index (χ0v) is 8.07. The highest BCUT2D eigenvalue weighted by Gasteiger charge is 2.06. The van der Waals surface area contributed by atoms with Crippen LogP contribution in [0.3, 0.4) is 0 Å². The highest BCUT2D eigenvalue weighted by atomic mass is 16.5. The molecule has 1 aromatic rings. The predicted molar refractivity (Wildman–Crippen MR) is 55.5 cm³/mol. The summed E-state index contributed by atoms with van der Waals surface area (Å²) in [7, 11) is 0. The summed E-state index contributed by atoms with van der Waals surface area (Å²) < 4.78 is 5.48. The lowest BCUT2D eigenvalue weighted by Gasteiger charge is -2.15. The van der Waals surface area contributed by atoms with Crippen LogP contribution in [0.4, 0.5) is 0 Å². The Morgan fingerprint density at radius 3 is 2.50 bits per heavy atom. The van der Waals surface area contributed by atoms with Crippen molar-refractivity contribution >= 4 is 0 Å². The van der Waals surface area contributed by atoms with Crippen LogP contribution in [0.5, 0.6) is 11.5 Å². The molecule has 1 aromatic carbocycles. The van der Waals surface area contributed by atoms with Gasteiger partial charge in [-0.15, -0.1) is 0 Å². The summed E-state index contributed by atoms with van der Waals surface area (Å²) in [6.07, 6.45) is 5.94. The van der Waals surface area contributed by atoms with E-state index < -0.39 is 0 Å². The third-order valence-corrected chi connectivity index (χ3v) is 2.45. The molecule has 2 rings (SSSR count). The summed E-state index contributed by atoms with van der Waals surface area (Å²) >= 11 is 0. The minimum Gasteiger partial charge on any atom is -0.508 e. The van der Waals surface area contributed by atoms with Crippen molar-refractivity contribution in [2.45, 2.75) is 19.3 Å². The van der Waals surface area contributed by atoms with Crippen molar-refractivity contribution in [3.63, 3.8) is 0 Å². The van der Waals surface area contributed by atoms with Crippen LogP contribution in [0, 0.1) is 0 Å². The quantitative estimate of drug-likeness (QED) is 0.742. The van der Waals surface area contributed by atoms with Gasteiger partial charge in [-0.2, -0.15) is 0 Å². The first-order valence-corrected chi connectivity index (χ1v) is 4.94. The van der Waals surface area contributed by atoms with Crippen LogP contribution >= 0.6 is 0 Å². The average Bonchev–Trinajstić information content (AvgIpc) is 2.12. The second-order valence-corrected chi connectivity index (χ2v) is 3.52. The number of hydrogen-bond donors (Lipinski definition) is 1. The molecule has 0 atom stereocenters. The lowest BCUT2D eigenvalue weighted by atomic mass is 9.92. The number of phenolic OH excluding ortho intramolecular Hbond substituents is 1. The van der Waals surface area contributed by atoms with Crippen molar-refractivity contribution in [3.05, 3.63) is 35.9 Å². The Hall–Kier alpha value is -1.44. The zero-order chi connectivity index (χ0) is 9.80. The molecule has 0 unspecified atom stereocenters. The van der Waals surface area contributed by atoms with Gasteiger partial charge in [-0.25, -0.2) is 0 Å². The topological polar surface area (TPSA) is 29.5 Å². The lowest BCUT2D eigenvalue weighted by Crippen LogP contribution is -2.01. The number of rotatable bonds is 3. The summed E-state index contributed by atoms with van der Waals surface area (Å²) in [6, 6.07) is 6.81. The van der Waals surface area contributed by atoms with E-state index in [1.165, 1.54) is 24.8 Å². The Bertz CT molecular complexity index is 319. The van der Waals surface area contributed by atoms with Crippen molar-refractivity contribution < 1.29 is 9.84 Å². The van der Waals surface area contributed by atoms with E-state index >= 15 is 0 Å². The second-order valence-electron chi connectivity index (χ2n) is 3.52. The Kier molecular flexibility index (Phi) is 2.73. The van der Waals surface area contributed by atoms with Gasteiger partial charge in [0.15, 0.2) is 0 Å². The molecular formula is C12H14O2. The van der Waals surface area contributed by atoms with E-state index in [9.17, 15) is 0 Å². The fourth-order valence-electron chi connectivity index (χ4n) is 1.38. The van der Waals surface area contributed by atoms with Crippen LogP contribution in [0.25, 0.3) is 0 Å². The molecule has 1 saturated carbocycles. The van der Waals surface area contributed by atoms with Crippen molar-refractivity contribution in [1.29, 1.82) is 0 Å². The predicted octanol–water partition coefficient (Wildman–Crippen LogP) is 2.88. The smallest absolute Gasteiger partial charge is 0.120 e. The molecule has 0 spiro atoms. The van der Waals surface area contributed by atoms with Gasteiger partial charge in [0.1, 0.15) is 18.1 Å². The van der Waals surface area contributed by atoms with Crippen LogP contribution in [0.1, 0.15) is 19.3 Å². The van der Waals surface area contributed by atoms with Gasteiger partial charge in [0.25, 0.3) is 0 Å². The van der Waals surface area contributed by atoms with Gasteiger partial charge < -0.3 is 9.84 Å². The van der Waals surface area contributed by atoms with Gasteiger partial charge in [0.2, 0.25) is 0 Å². The van der Waals surface area contributed by atoms with E-state index in [0.717, 1.165) is 5.75 Å². The number of hydrogen-bond acceptors (Lipinski definition) is 2. The molecule has 1 aliphatic rings. The third-order valence-electron chi connectivity index (χ3n) is 2.45. The molecule has 1 fully saturated rings. The van der Waals surface area contributed by atoms with E-state index in [1.807, 2.05) is 0 Å². The number of ether oxygens (including phenoxy) is 1. The summed E-state index contributed by atoms with van der Waals surface area (Å²) in [6.45, 7) is 0.639. The standard InChI is InChI=1S/C12H14O2/c13-11-4-6-12(7-5-11)14-9-8-10-2-1-3-10/h4-8,13H,1-3,9H2. The van der Waals surface area contributed by atoms with Crippen molar-refractivity contribution in [3.8, 4) is 11.5 Å². The maximum Gasteiger partial charge on any atom is 0.120 e. The summed E-state index contributed by atoms with van der Waals surface area (Å²) in [5, 5.41) is 9.05. The molecule has 0 heterocycles. The Balaban J connectivity index is 1.82. The summed E-state index contributed by atoms with van der Waals surface area (Å²) in [5.41, 5.74) is 1.50. The van der Waals surface area contributed by atoms with E-state index in [0.29, 0.717) is 6.61 Å². The number of allylic oxidation sites excluding steroid dienone is 1. The monoisotopic (exact) mass is 190 g/mol. The molecule has 2 heteroatoms. The molecule has 2 nitrogen and oxygen atoms in total. The molecule has 14 heavy (non-hydrogen) atoms. The average molecular weight is 190 g/mol. The van der Waals surface area contributed by atoms with Gasteiger partial charge in [-0.05, 0) is 49.6 Å². The molecule has 0 saturated heterocycles. The molecule has 1 N–H and O–H groups in total. The molecular weight excluding hydrogens is 176 g/mol. The van der Waals surface area contributed by atoms with Crippen LogP contribution in [-0.2, 0) is 0 Å². The normalized spacial score (nSPS) is 14.7. The van der Waals surface area contributed by atoms with Crippen molar-refractivity contribution in [2.75, 3.05) is 6.61 Å². The highest BCUT2D eigenvalue weighted by molar-refractivity contribution is 5.30. The number of benzene rings is 1. The fraction of sp³-hybridized carbons (Fsp3) is 0.333. The fourth-order valence-corrected chi connectivity index (χ4v) is 1.38. The minimum absolute atomic E-state index is 0.273. The minimum atomic E-state index is 0.273. The van der Waals surface area contributed by atoms with E-state index in [2.05, 4.69) is 6.08 Å². The first kappa shape index (κ1) is 9.13. The van der Waals surface area contributed by atoms with E-state index in [4.69, 9.17) is 9.84 Å². The molecule has 1 aliphatic carbocycles. The molecule has 0 aromatic heterocycles. The Morgan fingerprint density at radius 1 is 1.21 bits per heavy atom. The third kappa shape index (κ3) is 2.28. The van der Waals surface area contributed by atoms with Gasteiger partial charge >= 0.3 is 0 Å². The van der Waals surface area contributed by atoms with Gasteiger partial charge in [0.05, 0.1) is 0 Å². The van der Waals surface area contributed by atoms with Crippen molar-refractivity contribution in [1.82, 2.24) is 0 Å². The maximum absolute atomic E-state index is 9.05. The van der Waals surface area contributed by atoms with E-state index in [1.54, 1.807) is 24.3 Å². The number of phenols is 1. The molecule has 0 bridgehead atoms. The first-order chi connectivity index (χ1) is 6.84. The number of aromatic hydroxyl groups is 1. The Morgan fingerprint density at radius 2 is 1.93 bits per heavy atom. The van der Waals surface area contributed by atoms with E-state index in [-0.39, 0.29) is 5.75 Å². The van der Waals surface area contributed by atoms with Crippen molar-refractivity contribution in [2.24, 2.45) is 0 Å². The second kappa shape index (κ2) is 4.18. The largest absolute Gasteiger partial charge is 0.508 e. The van der Waals surface area contributed by atoms with Crippen LogP contribution in [0.2, 0.25) is 0 Å². The Labute approximate surface area is 83.8 Å². The van der Waals surface area contributed by atoms with Crippen LogP contribution in [0.15, 0.2) is 35.9 Å². The van der Waals surface area contributed by atoms with Crippen LogP contribution < -0.4 is 4.74 Å². The maximum atomic E-state index is 9.05. The molecule has 0 amide bonds. The molecule has 0 aliphatic heterocycles. The van der Waals surface area contributed by atoms with Crippen LogP contribution in [-0.4, -0.2) is 11.7 Å². The zero-order valence-electron chi connectivity index (χ0n) is 8.07. The lowest BCUT2D eigenvalue weighted by molar-refractivity contribution is 0.358. The summed E-state index contributed by atoms with van der Waals surface area (Å²) in [4.78, 5) is 0. The summed E-state index contributed by atoms with van der Waals surface area (Å²) in [5.74, 6) is 1.08. The first-order valence-electron chi connectivity index (χ1n) is 4.94. The molecule has 74 valence electrons.